The monoisotopic (exact) mass is 490 g/mol. The van der Waals surface area contributed by atoms with E-state index in [9.17, 15) is 14.9 Å². The molecule has 2 amide bonds. The summed E-state index contributed by atoms with van der Waals surface area (Å²) in [4.78, 5) is 25.6. The van der Waals surface area contributed by atoms with Crippen LogP contribution in [0.3, 0.4) is 0 Å². The topological polar surface area (TPSA) is 87.5 Å². The largest absolute Gasteiger partial charge is 0.334 e. The molecule has 2 aliphatic rings. The third-order valence-corrected chi connectivity index (χ3v) is 7.32. The molecule has 1 aliphatic carbocycles. The van der Waals surface area contributed by atoms with Crippen LogP contribution in [0.4, 0.5) is 16.2 Å². The minimum atomic E-state index is -0.561. The van der Waals surface area contributed by atoms with Crippen molar-refractivity contribution in [3.05, 3.63) is 68.2 Å². The number of nitrogens with zero attached hydrogens (tertiary/aromatic N) is 2. The number of carbonyl (C=O) groups is 1. The summed E-state index contributed by atoms with van der Waals surface area (Å²) in [5.74, 6) is 0.666. The van der Waals surface area contributed by atoms with E-state index >= 15 is 0 Å². The fraction of sp³-hybridized carbons (Fsp3) is 0.458. The molecule has 2 unspecified atom stereocenters. The molecule has 176 valence electrons. The van der Waals surface area contributed by atoms with Crippen LogP contribution >= 0.6 is 23.2 Å². The Morgan fingerprint density at radius 3 is 2.48 bits per heavy atom. The van der Waals surface area contributed by atoms with Gasteiger partial charge >= 0.3 is 6.03 Å². The van der Waals surface area contributed by atoms with Gasteiger partial charge in [-0.2, -0.15) is 0 Å². The predicted octanol–water partition coefficient (Wildman–Crippen LogP) is 5.90. The van der Waals surface area contributed by atoms with Crippen molar-refractivity contribution < 1.29 is 9.72 Å². The minimum absolute atomic E-state index is 0.0429. The molecule has 0 radical (unpaired) electrons. The van der Waals surface area contributed by atoms with Crippen LogP contribution in [0.25, 0.3) is 0 Å². The maximum Gasteiger partial charge on any atom is 0.319 e. The molecule has 33 heavy (non-hydrogen) atoms. The zero-order valence-corrected chi connectivity index (χ0v) is 19.8. The standard InChI is InChI=1S/C24H28Cl2N4O3/c25-18-6-4-16(5-7-18)14-17-10-12-29(13-11-17)22-3-1-2-21(22)28-24(31)27-19-8-9-20(26)23(15-19)30(32)33/h4-9,15,17,21-22H,1-3,10-14H2,(H2,27,28,31). The normalized spacial score (nSPS) is 21.6. The summed E-state index contributed by atoms with van der Waals surface area (Å²) in [7, 11) is 0. The fourth-order valence-electron chi connectivity index (χ4n) is 5.05. The van der Waals surface area contributed by atoms with Gasteiger partial charge in [-0.15, -0.1) is 0 Å². The van der Waals surface area contributed by atoms with Crippen LogP contribution in [0, 0.1) is 16.0 Å². The van der Waals surface area contributed by atoms with Crippen LogP contribution in [0.5, 0.6) is 0 Å². The molecule has 2 N–H and O–H groups in total. The highest BCUT2D eigenvalue weighted by molar-refractivity contribution is 6.32. The summed E-state index contributed by atoms with van der Waals surface area (Å²) in [6.07, 6.45) is 6.45. The van der Waals surface area contributed by atoms with Gasteiger partial charge in [0.1, 0.15) is 5.02 Å². The smallest absolute Gasteiger partial charge is 0.319 e. The average Bonchev–Trinajstić information content (AvgIpc) is 3.25. The van der Waals surface area contributed by atoms with Gasteiger partial charge in [-0.25, -0.2) is 4.79 Å². The number of hydrogen-bond donors (Lipinski definition) is 2. The highest BCUT2D eigenvalue weighted by atomic mass is 35.5. The second kappa shape index (κ2) is 10.7. The number of nitrogens with one attached hydrogen (secondary N) is 2. The summed E-state index contributed by atoms with van der Waals surface area (Å²) >= 11 is 11.8. The van der Waals surface area contributed by atoms with E-state index in [2.05, 4.69) is 27.7 Å². The van der Waals surface area contributed by atoms with Crippen LogP contribution in [0.2, 0.25) is 10.0 Å². The lowest BCUT2D eigenvalue weighted by Crippen LogP contribution is -2.52. The summed E-state index contributed by atoms with van der Waals surface area (Å²) in [6, 6.07) is 12.4. The molecular formula is C24H28Cl2N4O3. The molecule has 7 nitrogen and oxygen atoms in total. The Bertz CT molecular complexity index is 994. The number of hydrogen-bond acceptors (Lipinski definition) is 4. The van der Waals surface area contributed by atoms with Crippen LogP contribution in [0.15, 0.2) is 42.5 Å². The van der Waals surface area contributed by atoms with E-state index < -0.39 is 4.92 Å². The molecule has 1 saturated carbocycles. The van der Waals surface area contributed by atoms with Crippen molar-refractivity contribution in [3.63, 3.8) is 0 Å². The van der Waals surface area contributed by atoms with E-state index in [1.807, 2.05) is 12.1 Å². The van der Waals surface area contributed by atoms with Gasteiger partial charge in [0.2, 0.25) is 0 Å². The molecule has 9 heteroatoms. The first-order valence-electron chi connectivity index (χ1n) is 11.4. The van der Waals surface area contributed by atoms with Gasteiger partial charge in [0.25, 0.3) is 5.69 Å². The zero-order valence-electron chi connectivity index (χ0n) is 18.3. The van der Waals surface area contributed by atoms with Gasteiger partial charge in [-0.3, -0.25) is 15.0 Å². The van der Waals surface area contributed by atoms with E-state index in [4.69, 9.17) is 23.2 Å². The van der Waals surface area contributed by atoms with Gasteiger partial charge in [0, 0.05) is 28.9 Å². The third-order valence-electron chi connectivity index (χ3n) is 6.75. The van der Waals surface area contributed by atoms with Gasteiger partial charge in [0.15, 0.2) is 0 Å². The molecule has 4 rings (SSSR count). The predicted molar refractivity (Wildman–Crippen MR) is 131 cm³/mol. The average molecular weight is 491 g/mol. The maximum absolute atomic E-state index is 12.6. The number of benzene rings is 2. The molecule has 0 aromatic heterocycles. The molecule has 0 spiro atoms. The summed E-state index contributed by atoms with van der Waals surface area (Å²) in [5, 5.41) is 17.7. The number of amides is 2. The van der Waals surface area contributed by atoms with Crippen molar-refractivity contribution >= 4 is 40.6 Å². The number of nitro benzene ring substituents is 1. The Morgan fingerprint density at radius 1 is 1.06 bits per heavy atom. The number of likely N-dealkylation sites (tertiary alicyclic amines) is 1. The van der Waals surface area contributed by atoms with Gasteiger partial charge < -0.3 is 10.6 Å². The molecule has 0 bridgehead atoms. The lowest BCUT2D eigenvalue weighted by Gasteiger charge is -2.38. The fourth-order valence-corrected chi connectivity index (χ4v) is 5.37. The summed E-state index contributed by atoms with van der Waals surface area (Å²) in [6.45, 7) is 2.07. The molecule has 2 atom stereocenters. The van der Waals surface area contributed by atoms with E-state index in [0.717, 1.165) is 56.6 Å². The van der Waals surface area contributed by atoms with Crippen molar-refractivity contribution in [2.75, 3.05) is 18.4 Å². The number of urea groups is 1. The number of piperidine rings is 1. The van der Waals surface area contributed by atoms with Crippen LogP contribution in [-0.2, 0) is 6.42 Å². The van der Waals surface area contributed by atoms with E-state index in [-0.39, 0.29) is 22.8 Å². The first-order valence-corrected chi connectivity index (χ1v) is 12.1. The number of nitro groups is 1. The maximum atomic E-state index is 12.6. The highest BCUT2D eigenvalue weighted by Crippen LogP contribution is 2.31. The second-order valence-corrected chi connectivity index (χ2v) is 9.78. The first-order chi connectivity index (χ1) is 15.9. The summed E-state index contributed by atoms with van der Waals surface area (Å²) in [5.41, 5.74) is 1.45. The quantitative estimate of drug-likeness (QED) is 0.389. The van der Waals surface area contributed by atoms with Crippen molar-refractivity contribution in [2.24, 2.45) is 5.92 Å². The van der Waals surface area contributed by atoms with Crippen LogP contribution < -0.4 is 10.6 Å². The van der Waals surface area contributed by atoms with Crippen molar-refractivity contribution in [1.29, 1.82) is 0 Å². The van der Waals surface area contributed by atoms with E-state index in [0.29, 0.717) is 17.6 Å². The Labute approximate surface area is 203 Å². The molecule has 1 aliphatic heterocycles. The third kappa shape index (κ3) is 6.16. The molecule has 2 fully saturated rings. The molecule has 1 saturated heterocycles. The van der Waals surface area contributed by atoms with Gasteiger partial charge in [-0.1, -0.05) is 35.3 Å². The lowest BCUT2D eigenvalue weighted by molar-refractivity contribution is -0.384. The Balaban J connectivity index is 1.28. The number of carbonyl (C=O) groups excluding carboxylic acids is 1. The van der Waals surface area contributed by atoms with Crippen molar-refractivity contribution in [3.8, 4) is 0 Å². The number of halogens is 2. The Kier molecular flexibility index (Phi) is 7.73. The van der Waals surface area contributed by atoms with Crippen LogP contribution in [0.1, 0.15) is 37.7 Å². The second-order valence-electron chi connectivity index (χ2n) is 8.94. The minimum Gasteiger partial charge on any atom is -0.334 e. The first kappa shape index (κ1) is 23.8. The molecule has 1 heterocycles. The number of anilines is 1. The Hall–Kier alpha value is -2.35. The van der Waals surface area contributed by atoms with Gasteiger partial charge in [-0.05, 0) is 87.4 Å². The van der Waals surface area contributed by atoms with E-state index in [1.54, 1.807) is 6.07 Å². The highest BCUT2D eigenvalue weighted by Gasteiger charge is 2.35. The lowest BCUT2D eigenvalue weighted by atomic mass is 9.89. The van der Waals surface area contributed by atoms with Crippen molar-refractivity contribution in [1.82, 2.24) is 10.2 Å². The SMILES string of the molecule is O=C(Nc1ccc(Cl)c([N+](=O)[O-])c1)NC1CCCC1N1CCC(Cc2ccc(Cl)cc2)CC1. The van der Waals surface area contributed by atoms with E-state index in [1.165, 1.54) is 17.7 Å². The number of rotatable bonds is 6. The molecule has 2 aromatic carbocycles. The zero-order chi connectivity index (χ0) is 23.4. The van der Waals surface area contributed by atoms with Gasteiger partial charge in [0.05, 0.1) is 4.92 Å². The van der Waals surface area contributed by atoms with Crippen LogP contribution in [-0.4, -0.2) is 41.0 Å². The molecule has 2 aromatic rings. The summed E-state index contributed by atoms with van der Waals surface area (Å²) < 4.78 is 0. The Morgan fingerprint density at radius 2 is 1.79 bits per heavy atom. The molecular weight excluding hydrogens is 463 g/mol. The van der Waals surface area contributed by atoms with Crippen molar-refractivity contribution in [2.45, 2.75) is 50.6 Å².